The minimum absolute atomic E-state index is 0.594. The fourth-order valence-corrected chi connectivity index (χ4v) is 7.09. The number of benzene rings is 7. The van der Waals surface area contributed by atoms with Crippen molar-refractivity contribution in [3.8, 4) is 40.0 Å². The molecule has 0 radical (unpaired) electrons. The molecule has 228 valence electrons. The van der Waals surface area contributed by atoms with Gasteiger partial charge in [-0.25, -0.2) is 19.9 Å². The molecule has 0 saturated carbocycles. The maximum Gasteiger partial charge on any atom is 0.164 e. The topological polar surface area (TPSA) is 56.5 Å². The SMILES string of the molecule is c1ccc2cc(-c3nc(-c4ccnc(-n5c6ccccc6c6c7ccccc7ccc65)c4)nc(-c4ccc5ccccc5c4)n3)ccc2c1. The van der Waals surface area contributed by atoms with Gasteiger partial charge in [-0.15, -0.1) is 0 Å². The van der Waals surface area contributed by atoms with Gasteiger partial charge < -0.3 is 0 Å². The van der Waals surface area contributed by atoms with Gasteiger partial charge in [0, 0.05) is 33.7 Å². The quantitative estimate of drug-likeness (QED) is 0.195. The van der Waals surface area contributed by atoms with Crippen molar-refractivity contribution in [2.75, 3.05) is 0 Å². The Balaban J connectivity index is 1.19. The van der Waals surface area contributed by atoms with E-state index in [2.05, 4.69) is 156 Å². The lowest BCUT2D eigenvalue weighted by atomic mass is 10.0. The number of rotatable bonds is 4. The highest BCUT2D eigenvalue weighted by Gasteiger charge is 2.18. The Morgan fingerprint density at radius 2 is 0.878 bits per heavy atom. The van der Waals surface area contributed by atoms with Crippen LogP contribution >= 0.6 is 0 Å². The van der Waals surface area contributed by atoms with Crippen molar-refractivity contribution in [1.82, 2.24) is 24.5 Å². The monoisotopic (exact) mass is 625 g/mol. The van der Waals surface area contributed by atoms with Gasteiger partial charge in [-0.2, -0.15) is 0 Å². The van der Waals surface area contributed by atoms with Gasteiger partial charge in [0.2, 0.25) is 0 Å². The van der Waals surface area contributed by atoms with E-state index in [9.17, 15) is 0 Å². The summed E-state index contributed by atoms with van der Waals surface area (Å²) in [5.41, 5.74) is 4.95. The second kappa shape index (κ2) is 10.9. The smallest absolute Gasteiger partial charge is 0.164 e. The van der Waals surface area contributed by atoms with Gasteiger partial charge in [-0.3, -0.25) is 4.57 Å². The number of nitrogens with zero attached hydrogens (tertiary/aromatic N) is 5. The molecule has 0 bridgehead atoms. The lowest BCUT2D eigenvalue weighted by Crippen LogP contribution is -2.02. The molecule has 0 aliphatic rings. The van der Waals surface area contributed by atoms with Crippen LogP contribution in [0, 0.1) is 0 Å². The maximum atomic E-state index is 5.10. The zero-order valence-corrected chi connectivity index (χ0v) is 26.3. The lowest BCUT2D eigenvalue weighted by molar-refractivity contribution is 1.05. The Morgan fingerprint density at radius 1 is 0.367 bits per heavy atom. The van der Waals surface area contributed by atoms with E-state index in [1.807, 2.05) is 12.3 Å². The van der Waals surface area contributed by atoms with Crippen LogP contribution in [0.3, 0.4) is 0 Å². The molecule has 5 heteroatoms. The van der Waals surface area contributed by atoms with Crippen LogP contribution in [0.15, 0.2) is 164 Å². The summed E-state index contributed by atoms with van der Waals surface area (Å²) in [6, 6.07) is 55.0. The van der Waals surface area contributed by atoms with Crippen LogP contribution < -0.4 is 0 Å². The van der Waals surface area contributed by atoms with Gasteiger partial charge in [-0.1, -0.05) is 121 Å². The Hall–Kier alpha value is -6.72. The highest BCUT2D eigenvalue weighted by Crippen LogP contribution is 2.37. The van der Waals surface area contributed by atoms with E-state index in [1.54, 1.807) is 0 Å². The fraction of sp³-hybridized carbons (Fsp3) is 0. The lowest BCUT2D eigenvalue weighted by Gasteiger charge is -2.11. The summed E-state index contributed by atoms with van der Waals surface area (Å²) in [6.45, 7) is 0. The molecule has 5 nitrogen and oxygen atoms in total. The minimum atomic E-state index is 0.594. The first kappa shape index (κ1) is 27.4. The van der Waals surface area contributed by atoms with Crippen LogP contribution in [0.1, 0.15) is 0 Å². The van der Waals surface area contributed by atoms with Crippen LogP contribution in [-0.2, 0) is 0 Å². The number of hydrogen-bond donors (Lipinski definition) is 0. The summed E-state index contributed by atoms with van der Waals surface area (Å²) in [4.78, 5) is 20.2. The fourth-order valence-electron chi connectivity index (χ4n) is 7.09. The molecule has 10 rings (SSSR count). The van der Waals surface area contributed by atoms with Gasteiger partial charge in [0.05, 0.1) is 11.0 Å². The molecule has 0 saturated heterocycles. The average molecular weight is 626 g/mol. The summed E-state index contributed by atoms with van der Waals surface area (Å²) in [6.07, 6.45) is 1.85. The molecule has 0 amide bonds. The highest BCUT2D eigenvalue weighted by molar-refractivity contribution is 6.21. The molecule has 3 aromatic heterocycles. The van der Waals surface area contributed by atoms with E-state index < -0.39 is 0 Å². The summed E-state index contributed by atoms with van der Waals surface area (Å²) >= 11 is 0. The number of para-hydroxylation sites is 1. The van der Waals surface area contributed by atoms with Gasteiger partial charge in [0.25, 0.3) is 0 Å². The summed E-state index contributed by atoms with van der Waals surface area (Å²) in [5, 5.41) is 9.48. The van der Waals surface area contributed by atoms with Crippen molar-refractivity contribution >= 4 is 54.1 Å². The molecule has 10 aromatic rings. The zero-order valence-electron chi connectivity index (χ0n) is 26.3. The van der Waals surface area contributed by atoms with Crippen molar-refractivity contribution in [2.45, 2.75) is 0 Å². The molecule has 0 atom stereocenters. The van der Waals surface area contributed by atoms with Crippen molar-refractivity contribution in [3.63, 3.8) is 0 Å². The van der Waals surface area contributed by atoms with Gasteiger partial charge in [0.15, 0.2) is 17.5 Å². The number of hydrogen-bond acceptors (Lipinski definition) is 4. The third-order valence-electron chi connectivity index (χ3n) is 9.45. The average Bonchev–Trinajstić information content (AvgIpc) is 3.52. The van der Waals surface area contributed by atoms with E-state index in [1.165, 1.54) is 32.3 Å². The highest BCUT2D eigenvalue weighted by atomic mass is 15.1. The van der Waals surface area contributed by atoms with Gasteiger partial charge >= 0.3 is 0 Å². The zero-order chi connectivity index (χ0) is 32.3. The molecular weight excluding hydrogens is 599 g/mol. The van der Waals surface area contributed by atoms with Crippen LogP contribution in [0.4, 0.5) is 0 Å². The predicted octanol–water partition coefficient (Wildman–Crippen LogP) is 10.8. The third kappa shape index (κ3) is 4.55. The van der Waals surface area contributed by atoms with E-state index in [4.69, 9.17) is 19.9 Å². The van der Waals surface area contributed by atoms with E-state index in [0.717, 1.165) is 44.3 Å². The van der Waals surface area contributed by atoms with E-state index in [0.29, 0.717) is 17.5 Å². The van der Waals surface area contributed by atoms with Gasteiger partial charge in [-0.05, 0) is 68.7 Å². The molecule has 0 spiro atoms. The Kier molecular flexibility index (Phi) is 6.11. The molecule has 0 aliphatic carbocycles. The molecule has 0 N–H and O–H groups in total. The molecule has 49 heavy (non-hydrogen) atoms. The first-order valence-electron chi connectivity index (χ1n) is 16.4. The molecule has 7 aromatic carbocycles. The minimum Gasteiger partial charge on any atom is -0.294 e. The summed E-state index contributed by atoms with van der Waals surface area (Å²) < 4.78 is 2.25. The van der Waals surface area contributed by atoms with Crippen molar-refractivity contribution in [2.24, 2.45) is 0 Å². The molecule has 0 fully saturated rings. The Morgan fingerprint density at radius 3 is 1.53 bits per heavy atom. The number of aromatic nitrogens is 5. The second-order valence-electron chi connectivity index (χ2n) is 12.4. The predicted molar refractivity (Wildman–Crippen MR) is 201 cm³/mol. The molecule has 0 aliphatic heterocycles. The van der Waals surface area contributed by atoms with Crippen LogP contribution in [0.25, 0.3) is 94.1 Å². The third-order valence-corrected chi connectivity index (χ3v) is 9.45. The maximum absolute atomic E-state index is 5.10. The Bertz CT molecular complexity index is 2810. The largest absolute Gasteiger partial charge is 0.294 e. The normalized spacial score (nSPS) is 11.7. The van der Waals surface area contributed by atoms with Crippen LogP contribution in [0.2, 0.25) is 0 Å². The Labute approximate surface area is 281 Å². The first-order valence-corrected chi connectivity index (χ1v) is 16.4. The van der Waals surface area contributed by atoms with E-state index >= 15 is 0 Å². The number of fused-ring (bicyclic) bond motifs is 7. The molecular formula is C44H27N5. The molecule has 0 unspecified atom stereocenters. The summed E-state index contributed by atoms with van der Waals surface area (Å²) in [7, 11) is 0. The molecule has 3 heterocycles. The standard InChI is InChI=1S/C44H27N5/c1-3-12-31-25-33(19-17-28(31)9-1)42-46-43(34-20-18-29-10-2-4-13-32(29)26-34)48-44(47-42)35-23-24-45-40(27-35)49-38-16-8-7-15-37(38)41-36-14-6-5-11-30(36)21-22-39(41)49/h1-27H. The van der Waals surface area contributed by atoms with Crippen LogP contribution in [0.5, 0.6) is 0 Å². The number of pyridine rings is 1. The van der Waals surface area contributed by atoms with E-state index in [-0.39, 0.29) is 0 Å². The first-order chi connectivity index (χ1) is 24.3. The van der Waals surface area contributed by atoms with Crippen molar-refractivity contribution in [1.29, 1.82) is 0 Å². The summed E-state index contributed by atoms with van der Waals surface area (Å²) in [5.74, 6) is 2.65. The van der Waals surface area contributed by atoms with Gasteiger partial charge in [0.1, 0.15) is 5.82 Å². The van der Waals surface area contributed by atoms with Crippen molar-refractivity contribution in [3.05, 3.63) is 164 Å². The van der Waals surface area contributed by atoms with Crippen molar-refractivity contribution < 1.29 is 0 Å². The van der Waals surface area contributed by atoms with Crippen LogP contribution in [-0.4, -0.2) is 24.5 Å². The second-order valence-corrected chi connectivity index (χ2v) is 12.4.